The van der Waals surface area contributed by atoms with Crippen LogP contribution in [0.25, 0.3) is 0 Å². The Morgan fingerprint density at radius 2 is 1.71 bits per heavy atom. The average Bonchev–Trinajstić information content (AvgIpc) is 2.43. The topological polar surface area (TPSA) is 110 Å². The zero-order valence-electron chi connectivity index (χ0n) is 11.9. The summed E-state index contributed by atoms with van der Waals surface area (Å²) < 4.78 is 30.9. The maximum atomic E-state index is 12.1. The summed E-state index contributed by atoms with van der Waals surface area (Å²) in [4.78, 5) is 22.2. The van der Waals surface area contributed by atoms with Crippen molar-refractivity contribution in [3.05, 3.63) is 29.8 Å². The van der Waals surface area contributed by atoms with Gasteiger partial charge < -0.3 is 9.84 Å². The van der Waals surface area contributed by atoms with Gasteiger partial charge in [-0.25, -0.2) is 13.2 Å². The molecule has 0 saturated heterocycles. The minimum atomic E-state index is -3.98. The highest BCUT2D eigenvalue weighted by Gasteiger charge is 2.28. The molecule has 1 rings (SSSR count). The summed E-state index contributed by atoms with van der Waals surface area (Å²) in [6.07, 6.45) is 0. The van der Waals surface area contributed by atoms with Crippen LogP contribution in [0.5, 0.6) is 0 Å². The quantitative estimate of drug-likeness (QED) is 0.753. The number of sulfonamides is 1. The van der Waals surface area contributed by atoms with Crippen LogP contribution in [0.15, 0.2) is 29.2 Å². The van der Waals surface area contributed by atoms with Gasteiger partial charge in [0, 0.05) is 0 Å². The number of rotatable bonds is 6. The molecule has 8 heteroatoms. The summed E-state index contributed by atoms with van der Waals surface area (Å²) in [7, 11) is -2.76. The molecular formula is C13H17NO6S. The van der Waals surface area contributed by atoms with Crippen molar-refractivity contribution in [3.8, 4) is 0 Å². The number of carbonyl (C=O) groups excluding carboxylic acids is 1. The van der Waals surface area contributed by atoms with Gasteiger partial charge in [-0.3, -0.25) is 4.79 Å². The van der Waals surface area contributed by atoms with Crippen LogP contribution in [0.3, 0.4) is 0 Å². The molecule has 0 saturated carbocycles. The van der Waals surface area contributed by atoms with E-state index in [-0.39, 0.29) is 10.5 Å². The highest BCUT2D eigenvalue weighted by atomic mass is 32.2. The van der Waals surface area contributed by atoms with E-state index in [1.165, 1.54) is 31.4 Å². The fourth-order valence-corrected chi connectivity index (χ4v) is 2.93. The van der Waals surface area contributed by atoms with Crippen LogP contribution in [-0.2, 0) is 19.6 Å². The molecule has 0 radical (unpaired) electrons. The van der Waals surface area contributed by atoms with Crippen molar-refractivity contribution < 1.29 is 27.9 Å². The van der Waals surface area contributed by atoms with Gasteiger partial charge in [-0.15, -0.1) is 0 Å². The SMILES string of the molecule is COC(=O)c1ccc(S(=O)(=O)N[C@@H](C(=O)O)C(C)C)cc1. The van der Waals surface area contributed by atoms with Crippen LogP contribution in [-0.4, -0.2) is 38.6 Å². The van der Waals surface area contributed by atoms with E-state index in [2.05, 4.69) is 9.46 Å². The molecule has 116 valence electrons. The van der Waals surface area contributed by atoms with E-state index in [1.807, 2.05) is 0 Å². The van der Waals surface area contributed by atoms with Crippen molar-refractivity contribution in [2.24, 2.45) is 5.92 Å². The van der Waals surface area contributed by atoms with Crippen LogP contribution >= 0.6 is 0 Å². The average molecular weight is 315 g/mol. The maximum Gasteiger partial charge on any atom is 0.337 e. The van der Waals surface area contributed by atoms with E-state index < -0.39 is 33.9 Å². The van der Waals surface area contributed by atoms with Gasteiger partial charge in [0.2, 0.25) is 10.0 Å². The number of carboxylic acid groups (broad SMARTS) is 1. The van der Waals surface area contributed by atoms with Crippen LogP contribution in [0.1, 0.15) is 24.2 Å². The first-order valence-corrected chi connectivity index (χ1v) is 7.61. The number of benzene rings is 1. The number of hydrogen-bond donors (Lipinski definition) is 2. The van der Waals surface area contributed by atoms with E-state index in [1.54, 1.807) is 13.8 Å². The Morgan fingerprint density at radius 1 is 1.19 bits per heavy atom. The highest BCUT2D eigenvalue weighted by Crippen LogP contribution is 2.13. The van der Waals surface area contributed by atoms with E-state index in [4.69, 9.17) is 5.11 Å². The number of carbonyl (C=O) groups is 2. The fraction of sp³-hybridized carbons (Fsp3) is 0.385. The van der Waals surface area contributed by atoms with Crippen molar-refractivity contribution in [2.75, 3.05) is 7.11 Å². The zero-order valence-corrected chi connectivity index (χ0v) is 12.7. The molecule has 0 aliphatic rings. The summed E-state index contributed by atoms with van der Waals surface area (Å²) in [5, 5.41) is 9.01. The Morgan fingerprint density at radius 3 is 2.10 bits per heavy atom. The molecule has 0 heterocycles. The second-order valence-corrected chi connectivity index (χ2v) is 6.41. The molecule has 2 N–H and O–H groups in total. The smallest absolute Gasteiger partial charge is 0.337 e. The first kappa shape index (κ1) is 17.1. The van der Waals surface area contributed by atoms with Crippen molar-refractivity contribution in [3.63, 3.8) is 0 Å². The van der Waals surface area contributed by atoms with Gasteiger partial charge >= 0.3 is 11.9 Å². The number of ether oxygens (including phenoxy) is 1. The van der Waals surface area contributed by atoms with Crippen LogP contribution < -0.4 is 4.72 Å². The molecule has 1 aromatic carbocycles. The minimum absolute atomic E-state index is 0.123. The molecule has 0 bridgehead atoms. The molecule has 7 nitrogen and oxygen atoms in total. The normalized spacial score (nSPS) is 13.0. The van der Waals surface area contributed by atoms with Gasteiger partial charge in [-0.05, 0) is 30.2 Å². The molecule has 1 atom stereocenters. The lowest BCUT2D eigenvalue weighted by Gasteiger charge is -2.18. The van der Waals surface area contributed by atoms with E-state index in [0.717, 1.165) is 0 Å². The van der Waals surface area contributed by atoms with Crippen molar-refractivity contribution in [1.82, 2.24) is 4.72 Å². The maximum absolute atomic E-state index is 12.1. The predicted octanol–water partition coefficient (Wildman–Crippen LogP) is 0.861. The standard InChI is InChI=1S/C13H17NO6S/c1-8(2)11(12(15)16)14-21(18,19)10-6-4-9(5-7-10)13(17)20-3/h4-8,11,14H,1-3H3,(H,15,16)/t11-/m1/s1. The lowest BCUT2D eigenvalue weighted by molar-refractivity contribution is -0.140. The number of aliphatic carboxylic acids is 1. The lowest BCUT2D eigenvalue weighted by atomic mass is 10.1. The molecule has 0 amide bonds. The Balaban J connectivity index is 3.03. The number of hydrogen-bond acceptors (Lipinski definition) is 5. The van der Waals surface area contributed by atoms with Gasteiger partial charge in [0.15, 0.2) is 0 Å². The Kier molecular flexibility index (Phi) is 5.45. The van der Waals surface area contributed by atoms with E-state index in [0.29, 0.717) is 0 Å². The summed E-state index contributed by atoms with van der Waals surface area (Å²) in [5.74, 6) is -2.25. The van der Waals surface area contributed by atoms with Gasteiger partial charge in [-0.1, -0.05) is 13.8 Å². The number of esters is 1. The molecular weight excluding hydrogens is 298 g/mol. The second-order valence-electron chi connectivity index (χ2n) is 4.70. The van der Waals surface area contributed by atoms with Crippen LogP contribution in [0, 0.1) is 5.92 Å². The second kappa shape index (κ2) is 6.68. The Labute approximate surface area is 123 Å². The van der Waals surface area contributed by atoms with E-state index in [9.17, 15) is 18.0 Å². The van der Waals surface area contributed by atoms with Gasteiger partial charge in [-0.2, -0.15) is 4.72 Å². The number of carboxylic acids is 1. The zero-order chi connectivity index (χ0) is 16.2. The molecule has 0 spiro atoms. The van der Waals surface area contributed by atoms with Gasteiger partial charge in [0.1, 0.15) is 6.04 Å². The lowest BCUT2D eigenvalue weighted by Crippen LogP contribution is -2.44. The highest BCUT2D eigenvalue weighted by molar-refractivity contribution is 7.89. The molecule has 21 heavy (non-hydrogen) atoms. The van der Waals surface area contributed by atoms with Gasteiger partial charge in [0.25, 0.3) is 0 Å². The Bertz CT molecular complexity index is 621. The summed E-state index contributed by atoms with van der Waals surface area (Å²) >= 11 is 0. The molecule has 0 fully saturated rings. The third-order valence-corrected chi connectivity index (χ3v) is 4.26. The third-order valence-electron chi connectivity index (χ3n) is 2.80. The van der Waals surface area contributed by atoms with Crippen LogP contribution in [0.4, 0.5) is 0 Å². The molecule has 0 unspecified atom stereocenters. The summed E-state index contributed by atoms with van der Waals surface area (Å²) in [6, 6.07) is 3.80. The van der Waals surface area contributed by atoms with Gasteiger partial charge in [0.05, 0.1) is 17.6 Å². The van der Waals surface area contributed by atoms with Crippen molar-refractivity contribution in [2.45, 2.75) is 24.8 Å². The first-order chi connectivity index (χ1) is 9.69. The molecule has 0 aliphatic carbocycles. The van der Waals surface area contributed by atoms with Crippen molar-refractivity contribution in [1.29, 1.82) is 0 Å². The van der Waals surface area contributed by atoms with Crippen molar-refractivity contribution >= 4 is 22.0 Å². The van der Waals surface area contributed by atoms with Crippen LogP contribution in [0.2, 0.25) is 0 Å². The number of methoxy groups -OCH3 is 1. The monoisotopic (exact) mass is 315 g/mol. The first-order valence-electron chi connectivity index (χ1n) is 6.12. The summed E-state index contributed by atoms with van der Waals surface area (Å²) in [6.45, 7) is 3.20. The third kappa shape index (κ3) is 4.27. The largest absolute Gasteiger partial charge is 0.480 e. The predicted molar refractivity (Wildman–Crippen MR) is 74.4 cm³/mol. The molecule has 0 aliphatic heterocycles. The summed E-state index contributed by atoms with van der Waals surface area (Å²) in [5.41, 5.74) is 0.204. The number of nitrogens with one attached hydrogen (secondary N) is 1. The molecule has 1 aromatic rings. The minimum Gasteiger partial charge on any atom is -0.480 e. The fourth-order valence-electron chi connectivity index (χ4n) is 1.59. The Hall–Kier alpha value is -1.93. The molecule has 0 aromatic heterocycles. The van der Waals surface area contributed by atoms with E-state index >= 15 is 0 Å².